The van der Waals surface area contributed by atoms with Gasteiger partial charge < -0.3 is 14.6 Å². The Labute approximate surface area is 185 Å². The van der Waals surface area contributed by atoms with E-state index >= 15 is 0 Å². The van der Waals surface area contributed by atoms with Crippen molar-refractivity contribution in [2.24, 2.45) is 0 Å². The minimum atomic E-state index is -0.0659. The van der Waals surface area contributed by atoms with Crippen molar-refractivity contribution < 1.29 is 9.21 Å². The summed E-state index contributed by atoms with van der Waals surface area (Å²) in [6.07, 6.45) is 1.60. The number of carbonyl (C=O) groups excluding carboxylic acids is 1. The highest BCUT2D eigenvalue weighted by atomic mass is 32.2. The van der Waals surface area contributed by atoms with Gasteiger partial charge in [-0.2, -0.15) is 0 Å². The maximum Gasteiger partial charge on any atom is 0.230 e. The summed E-state index contributed by atoms with van der Waals surface area (Å²) in [5.41, 5.74) is 3.08. The van der Waals surface area contributed by atoms with Crippen molar-refractivity contribution in [3.05, 3.63) is 78.6 Å². The molecular weight excluding hydrogens is 410 g/mol. The predicted molar refractivity (Wildman–Crippen MR) is 122 cm³/mol. The standard InChI is InChI=1S/C23H23N5O2S/c1-27(2)18-12-10-17(11-13-18)15-24-21(29)16-31-23-26-25-22(20-9-6-14-30-20)28(23)19-7-4-3-5-8-19/h3-14H,15-16H2,1-2H3,(H,24,29). The van der Waals surface area contributed by atoms with Gasteiger partial charge in [0.25, 0.3) is 0 Å². The van der Waals surface area contributed by atoms with Crippen molar-refractivity contribution in [3.63, 3.8) is 0 Å². The van der Waals surface area contributed by atoms with Crippen LogP contribution in [0.15, 0.2) is 82.6 Å². The van der Waals surface area contributed by atoms with Crippen molar-refractivity contribution in [3.8, 4) is 17.3 Å². The number of furan rings is 1. The van der Waals surface area contributed by atoms with Gasteiger partial charge in [-0.3, -0.25) is 9.36 Å². The van der Waals surface area contributed by atoms with Gasteiger partial charge >= 0.3 is 0 Å². The Morgan fingerprint density at radius 3 is 2.48 bits per heavy atom. The average molecular weight is 434 g/mol. The molecule has 2 heterocycles. The van der Waals surface area contributed by atoms with Crippen LogP contribution in [-0.2, 0) is 11.3 Å². The Kier molecular flexibility index (Phi) is 6.37. The number of hydrogen-bond donors (Lipinski definition) is 1. The number of anilines is 1. The maximum atomic E-state index is 12.4. The normalized spacial score (nSPS) is 10.8. The molecular formula is C23H23N5O2S. The molecule has 31 heavy (non-hydrogen) atoms. The van der Waals surface area contributed by atoms with E-state index in [1.54, 1.807) is 6.26 Å². The molecule has 0 aliphatic rings. The number of hydrogen-bond acceptors (Lipinski definition) is 6. The molecule has 4 aromatic rings. The summed E-state index contributed by atoms with van der Waals surface area (Å²) in [4.78, 5) is 14.5. The number of benzene rings is 2. The van der Waals surface area contributed by atoms with Crippen LogP contribution in [-0.4, -0.2) is 40.5 Å². The van der Waals surface area contributed by atoms with Gasteiger partial charge in [-0.25, -0.2) is 0 Å². The van der Waals surface area contributed by atoms with Gasteiger partial charge in [-0.05, 0) is 42.0 Å². The van der Waals surface area contributed by atoms with Crippen molar-refractivity contribution in [2.75, 3.05) is 24.7 Å². The molecule has 0 spiro atoms. The van der Waals surface area contributed by atoms with Crippen molar-refractivity contribution in [1.82, 2.24) is 20.1 Å². The van der Waals surface area contributed by atoms with Gasteiger partial charge in [-0.15, -0.1) is 10.2 Å². The predicted octanol–water partition coefficient (Wildman–Crippen LogP) is 4.00. The van der Waals surface area contributed by atoms with Crippen LogP contribution in [0.3, 0.4) is 0 Å². The minimum Gasteiger partial charge on any atom is -0.461 e. The van der Waals surface area contributed by atoms with E-state index in [4.69, 9.17) is 4.42 Å². The molecule has 1 amide bonds. The molecule has 0 radical (unpaired) electrons. The van der Waals surface area contributed by atoms with Gasteiger partial charge in [0.1, 0.15) is 0 Å². The Hall–Kier alpha value is -3.52. The average Bonchev–Trinajstić information content (AvgIpc) is 3.47. The number of aromatic nitrogens is 3. The minimum absolute atomic E-state index is 0.0659. The second-order valence-electron chi connectivity index (χ2n) is 7.08. The summed E-state index contributed by atoms with van der Waals surface area (Å²) in [7, 11) is 4.00. The highest BCUT2D eigenvalue weighted by molar-refractivity contribution is 7.99. The summed E-state index contributed by atoms with van der Waals surface area (Å²) in [6, 6.07) is 21.5. The molecule has 0 bridgehead atoms. The first kappa shape index (κ1) is 20.7. The van der Waals surface area contributed by atoms with E-state index < -0.39 is 0 Å². The van der Waals surface area contributed by atoms with Crippen LogP contribution in [0, 0.1) is 0 Å². The van der Waals surface area contributed by atoms with Crippen LogP contribution in [0.1, 0.15) is 5.56 Å². The first-order chi connectivity index (χ1) is 15.1. The Morgan fingerprint density at radius 2 is 1.81 bits per heavy atom. The lowest BCUT2D eigenvalue weighted by atomic mass is 10.2. The summed E-state index contributed by atoms with van der Waals surface area (Å²) in [5, 5.41) is 12.2. The number of para-hydroxylation sites is 1. The van der Waals surface area contributed by atoms with Crippen molar-refractivity contribution in [2.45, 2.75) is 11.7 Å². The Balaban J connectivity index is 1.43. The lowest BCUT2D eigenvalue weighted by molar-refractivity contribution is -0.118. The van der Waals surface area contributed by atoms with Gasteiger partial charge in [0.2, 0.25) is 11.7 Å². The third-order valence-corrected chi connectivity index (χ3v) is 5.59. The SMILES string of the molecule is CN(C)c1ccc(CNC(=O)CSc2nnc(-c3ccco3)n2-c2ccccc2)cc1. The highest BCUT2D eigenvalue weighted by Crippen LogP contribution is 2.28. The Morgan fingerprint density at radius 1 is 1.03 bits per heavy atom. The molecule has 0 aliphatic carbocycles. The maximum absolute atomic E-state index is 12.4. The molecule has 7 nitrogen and oxygen atoms in total. The molecule has 8 heteroatoms. The van der Waals surface area contributed by atoms with Crippen molar-refractivity contribution >= 4 is 23.4 Å². The molecule has 0 fully saturated rings. The smallest absolute Gasteiger partial charge is 0.230 e. The van der Waals surface area contributed by atoms with E-state index in [9.17, 15) is 4.79 Å². The van der Waals surface area contributed by atoms with Crippen LogP contribution < -0.4 is 10.2 Å². The number of thioether (sulfide) groups is 1. The van der Waals surface area contributed by atoms with E-state index in [0.29, 0.717) is 23.3 Å². The van der Waals surface area contributed by atoms with E-state index in [1.165, 1.54) is 11.8 Å². The molecule has 0 aliphatic heterocycles. The third-order valence-electron chi connectivity index (χ3n) is 4.66. The molecule has 1 N–H and O–H groups in total. The van der Waals surface area contributed by atoms with Crippen LogP contribution in [0.25, 0.3) is 17.3 Å². The topological polar surface area (TPSA) is 76.2 Å². The van der Waals surface area contributed by atoms with Gasteiger partial charge in [0.15, 0.2) is 10.9 Å². The highest BCUT2D eigenvalue weighted by Gasteiger charge is 2.18. The molecule has 4 rings (SSSR count). The van der Waals surface area contributed by atoms with Gasteiger partial charge in [0, 0.05) is 32.0 Å². The Bertz CT molecular complexity index is 1120. The van der Waals surface area contributed by atoms with Crippen molar-refractivity contribution in [1.29, 1.82) is 0 Å². The summed E-state index contributed by atoms with van der Waals surface area (Å²) >= 11 is 1.34. The van der Waals surface area contributed by atoms with E-state index in [-0.39, 0.29) is 11.7 Å². The molecule has 0 atom stereocenters. The fourth-order valence-corrected chi connectivity index (χ4v) is 3.81. The fourth-order valence-electron chi connectivity index (χ4n) is 3.03. The first-order valence-corrected chi connectivity index (χ1v) is 10.8. The number of nitrogens with zero attached hydrogens (tertiary/aromatic N) is 4. The molecule has 158 valence electrons. The number of nitrogens with one attached hydrogen (secondary N) is 1. The zero-order chi connectivity index (χ0) is 21.6. The molecule has 2 aromatic heterocycles. The zero-order valence-electron chi connectivity index (χ0n) is 17.4. The van der Waals surface area contributed by atoms with E-state index in [1.807, 2.05) is 90.3 Å². The second-order valence-corrected chi connectivity index (χ2v) is 8.02. The molecule has 0 saturated carbocycles. The number of carbonyl (C=O) groups is 1. The summed E-state index contributed by atoms with van der Waals surface area (Å²) in [6.45, 7) is 0.482. The molecule has 0 unspecified atom stereocenters. The lowest BCUT2D eigenvalue weighted by Crippen LogP contribution is -2.24. The van der Waals surface area contributed by atoms with Crippen LogP contribution in [0.2, 0.25) is 0 Å². The van der Waals surface area contributed by atoms with Crippen LogP contribution >= 0.6 is 11.8 Å². The third kappa shape index (κ3) is 4.97. The first-order valence-electron chi connectivity index (χ1n) is 9.82. The number of amides is 1. The fraction of sp³-hybridized carbons (Fsp3) is 0.174. The largest absolute Gasteiger partial charge is 0.461 e. The van der Waals surface area contributed by atoms with E-state index in [2.05, 4.69) is 15.5 Å². The van der Waals surface area contributed by atoms with Gasteiger partial charge in [-0.1, -0.05) is 42.1 Å². The van der Waals surface area contributed by atoms with E-state index in [0.717, 1.165) is 16.9 Å². The lowest BCUT2D eigenvalue weighted by Gasteiger charge is -2.13. The quantitative estimate of drug-likeness (QED) is 0.423. The van der Waals surface area contributed by atoms with Crippen LogP contribution in [0.4, 0.5) is 5.69 Å². The zero-order valence-corrected chi connectivity index (χ0v) is 18.2. The molecule has 0 saturated heterocycles. The summed E-state index contributed by atoms with van der Waals surface area (Å²) < 4.78 is 7.42. The second kappa shape index (κ2) is 9.53. The molecule has 2 aromatic carbocycles. The summed E-state index contributed by atoms with van der Waals surface area (Å²) in [5.74, 6) is 1.39. The number of rotatable bonds is 8. The monoisotopic (exact) mass is 433 g/mol. The van der Waals surface area contributed by atoms with Crippen LogP contribution in [0.5, 0.6) is 0 Å². The van der Waals surface area contributed by atoms with Gasteiger partial charge in [0.05, 0.1) is 12.0 Å².